The Balaban J connectivity index is 1.84. The molecular formula is C15H19FN2O2. The van der Waals surface area contributed by atoms with Crippen LogP contribution >= 0.6 is 0 Å². The van der Waals surface area contributed by atoms with E-state index < -0.39 is 0 Å². The summed E-state index contributed by atoms with van der Waals surface area (Å²) < 4.78 is 12.9. The molecule has 108 valence electrons. The summed E-state index contributed by atoms with van der Waals surface area (Å²) in [5.41, 5.74) is 0.974. The predicted molar refractivity (Wildman–Crippen MR) is 75.1 cm³/mol. The number of carbonyl (C=O) groups is 2. The quantitative estimate of drug-likeness (QED) is 0.844. The summed E-state index contributed by atoms with van der Waals surface area (Å²) in [6, 6.07) is 6.39. The predicted octanol–water partition coefficient (Wildman–Crippen LogP) is 1.84. The molecule has 1 saturated heterocycles. The SMILES string of the molecule is CC(=O)CCC(=O)N1CCN(c2ccc(F)cc2)CC1. The van der Waals surface area contributed by atoms with Gasteiger partial charge in [-0.2, -0.15) is 0 Å². The molecule has 1 aliphatic heterocycles. The van der Waals surface area contributed by atoms with E-state index in [0.717, 1.165) is 18.8 Å². The molecule has 20 heavy (non-hydrogen) atoms. The number of halogens is 1. The zero-order chi connectivity index (χ0) is 14.5. The van der Waals surface area contributed by atoms with Crippen LogP contribution in [-0.4, -0.2) is 42.8 Å². The van der Waals surface area contributed by atoms with Crippen LogP contribution in [0.1, 0.15) is 19.8 Å². The topological polar surface area (TPSA) is 40.6 Å². The van der Waals surface area contributed by atoms with E-state index in [1.54, 1.807) is 17.0 Å². The number of benzene rings is 1. The smallest absolute Gasteiger partial charge is 0.223 e. The van der Waals surface area contributed by atoms with Crippen molar-refractivity contribution in [3.63, 3.8) is 0 Å². The summed E-state index contributed by atoms with van der Waals surface area (Å²) in [6.45, 7) is 4.26. The van der Waals surface area contributed by atoms with Gasteiger partial charge in [0.2, 0.25) is 5.91 Å². The molecule has 1 aromatic carbocycles. The molecule has 1 heterocycles. The van der Waals surface area contributed by atoms with Gasteiger partial charge in [-0.1, -0.05) is 0 Å². The molecule has 0 aromatic heterocycles. The number of anilines is 1. The average molecular weight is 278 g/mol. The Kier molecular flexibility index (Phi) is 4.71. The van der Waals surface area contributed by atoms with E-state index in [9.17, 15) is 14.0 Å². The lowest BCUT2D eigenvalue weighted by Crippen LogP contribution is -2.48. The standard InChI is InChI=1S/C15H19FN2O2/c1-12(19)2-7-15(20)18-10-8-17(9-11-18)14-5-3-13(16)4-6-14/h3-6H,2,7-11H2,1H3. The molecule has 0 atom stereocenters. The van der Waals surface area contributed by atoms with Crippen molar-refractivity contribution in [2.75, 3.05) is 31.1 Å². The summed E-state index contributed by atoms with van der Waals surface area (Å²) in [4.78, 5) is 26.7. The monoisotopic (exact) mass is 278 g/mol. The molecule has 1 aliphatic rings. The molecule has 1 aromatic rings. The summed E-state index contributed by atoms with van der Waals surface area (Å²) in [6.07, 6.45) is 0.614. The van der Waals surface area contributed by atoms with Gasteiger partial charge in [0.25, 0.3) is 0 Å². The van der Waals surface area contributed by atoms with E-state index in [1.165, 1.54) is 19.1 Å². The highest BCUT2D eigenvalue weighted by Gasteiger charge is 2.21. The number of ketones is 1. The van der Waals surface area contributed by atoms with Crippen molar-refractivity contribution >= 4 is 17.4 Å². The Labute approximate surface area is 118 Å². The maximum absolute atomic E-state index is 12.9. The van der Waals surface area contributed by atoms with Crippen molar-refractivity contribution in [1.29, 1.82) is 0 Å². The third-order valence-electron chi connectivity index (χ3n) is 3.52. The molecule has 2 rings (SSSR count). The molecule has 4 nitrogen and oxygen atoms in total. The van der Waals surface area contributed by atoms with Crippen molar-refractivity contribution in [2.24, 2.45) is 0 Å². The van der Waals surface area contributed by atoms with Crippen molar-refractivity contribution in [3.05, 3.63) is 30.1 Å². The largest absolute Gasteiger partial charge is 0.368 e. The van der Waals surface area contributed by atoms with Crippen LogP contribution in [-0.2, 0) is 9.59 Å². The van der Waals surface area contributed by atoms with Crippen molar-refractivity contribution < 1.29 is 14.0 Å². The normalized spacial score (nSPS) is 15.3. The van der Waals surface area contributed by atoms with Crippen LogP contribution < -0.4 is 4.90 Å². The maximum Gasteiger partial charge on any atom is 0.223 e. The van der Waals surface area contributed by atoms with Gasteiger partial charge in [-0.3, -0.25) is 4.79 Å². The van der Waals surface area contributed by atoms with Gasteiger partial charge in [0, 0.05) is 44.7 Å². The van der Waals surface area contributed by atoms with Gasteiger partial charge >= 0.3 is 0 Å². The molecule has 0 N–H and O–H groups in total. The minimum atomic E-state index is -0.244. The molecule has 0 bridgehead atoms. The Morgan fingerprint density at radius 3 is 2.20 bits per heavy atom. The van der Waals surface area contributed by atoms with Crippen LogP contribution in [0.3, 0.4) is 0 Å². The molecule has 1 fully saturated rings. The molecule has 0 saturated carbocycles. The number of hydrogen-bond acceptors (Lipinski definition) is 3. The third-order valence-corrected chi connectivity index (χ3v) is 3.52. The van der Waals surface area contributed by atoms with Crippen LogP contribution in [0.25, 0.3) is 0 Å². The minimum absolute atomic E-state index is 0.0407. The van der Waals surface area contributed by atoms with Crippen LogP contribution in [0.15, 0.2) is 24.3 Å². The second-order valence-electron chi connectivity index (χ2n) is 5.05. The Morgan fingerprint density at radius 2 is 1.65 bits per heavy atom. The fourth-order valence-corrected chi connectivity index (χ4v) is 2.31. The van der Waals surface area contributed by atoms with E-state index in [-0.39, 0.29) is 17.5 Å². The van der Waals surface area contributed by atoms with Gasteiger partial charge in [-0.15, -0.1) is 0 Å². The van der Waals surface area contributed by atoms with Gasteiger partial charge < -0.3 is 14.6 Å². The number of hydrogen-bond donors (Lipinski definition) is 0. The van der Waals surface area contributed by atoms with Crippen LogP contribution in [0.5, 0.6) is 0 Å². The summed E-state index contributed by atoms with van der Waals surface area (Å²) in [7, 11) is 0. The summed E-state index contributed by atoms with van der Waals surface area (Å²) in [5, 5.41) is 0. The van der Waals surface area contributed by atoms with E-state index in [1.807, 2.05) is 0 Å². The number of carbonyl (C=O) groups excluding carboxylic acids is 2. The Hall–Kier alpha value is -1.91. The van der Waals surface area contributed by atoms with Gasteiger partial charge in [0.15, 0.2) is 0 Å². The number of nitrogens with zero attached hydrogens (tertiary/aromatic N) is 2. The lowest BCUT2D eigenvalue weighted by atomic mass is 10.2. The van der Waals surface area contributed by atoms with Gasteiger partial charge in [-0.25, -0.2) is 4.39 Å². The molecular weight excluding hydrogens is 259 g/mol. The second-order valence-corrected chi connectivity index (χ2v) is 5.05. The van der Waals surface area contributed by atoms with Crippen LogP contribution in [0.4, 0.5) is 10.1 Å². The molecule has 0 spiro atoms. The lowest BCUT2D eigenvalue weighted by molar-refractivity contribution is -0.133. The minimum Gasteiger partial charge on any atom is -0.368 e. The fourth-order valence-electron chi connectivity index (χ4n) is 2.31. The first kappa shape index (κ1) is 14.5. The first-order chi connectivity index (χ1) is 9.56. The number of amides is 1. The highest BCUT2D eigenvalue weighted by Crippen LogP contribution is 2.17. The number of rotatable bonds is 4. The lowest BCUT2D eigenvalue weighted by Gasteiger charge is -2.36. The van der Waals surface area contributed by atoms with E-state index in [0.29, 0.717) is 25.9 Å². The molecule has 5 heteroatoms. The first-order valence-electron chi connectivity index (χ1n) is 6.84. The number of Topliss-reactive ketones (excluding diaryl/α,β-unsaturated/α-hetero) is 1. The summed E-state index contributed by atoms with van der Waals surface area (Å²) in [5.74, 6) is -0.158. The second kappa shape index (κ2) is 6.50. The van der Waals surface area contributed by atoms with Crippen molar-refractivity contribution in [1.82, 2.24) is 4.90 Å². The third kappa shape index (κ3) is 3.79. The summed E-state index contributed by atoms with van der Waals surface area (Å²) >= 11 is 0. The van der Waals surface area contributed by atoms with Crippen molar-refractivity contribution in [2.45, 2.75) is 19.8 Å². The van der Waals surface area contributed by atoms with Crippen LogP contribution in [0.2, 0.25) is 0 Å². The average Bonchev–Trinajstić information content (AvgIpc) is 2.46. The highest BCUT2D eigenvalue weighted by molar-refractivity contribution is 5.83. The maximum atomic E-state index is 12.9. The van der Waals surface area contributed by atoms with E-state index in [2.05, 4.69) is 4.90 Å². The van der Waals surface area contributed by atoms with Crippen molar-refractivity contribution in [3.8, 4) is 0 Å². The Bertz CT molecular complexity index is 479. The van der Waals surface area contributed by atoms with Gasteiger partial charge in [0.1, 0.15) is 11.6 Å². The highest BCUT2D eigenvalue weighted by atomic mass is 19.1. The molecule has 0 unspecified atom stereocenters. The Morgan fingerprint density at radius 1 is 1.05 bits per heavy atom. The zero-order valence-electron chi connectivity index (χ0n) is 11.6. The fraction of sp³-hybridized carbons (Fsp3) is 0.467. The molecule has 0 aliphatic carbocycles. The van der Waals surface area contributed by atoms with E-state index >= 15 is 0 Å². The van der Waals surface area contributed by atoms with E-state index in [4.69, 9.17) is 0 Å². The zero-order valence-corrected chi connectivity index (χ0v) is 11.6. The molecule has 1 amide bonds. The van der Waals surface area contributed by atoms with Gasteiger partial charge in [-0.05, 0) is 31.2 Å². The molecule has 0 radical (unpaired) electrons. The van der Waals surface area contributed by atoms with Crippen LogP contribution in [0, 0.1) is 5.82 Å². The number of piperazine rings is 1. The van der Waals surface area contributed by atoms with Gasteiger partial charge in [0.05, 0.1) is 0 Å². The first-order valence-corrected chi connectivity index (χ1v) is 6.84.